The standard InChI is InChI=1S/C19H27ClN6O3/c1-10-5-13(6-11(2)29-10)26-12(3)16-18(25-26)28-9-14(27-4)7-21-17-15(20)8-22-19(23-16)24-17/h8,10-11,13-14H,5-7,9H2,1-4H3,(H2,21,22,23,24). The third kappa shape index (κ3) is 4.26. The Morgan fingerprint density at radius 2 is 2.03 bits per heavy atom. The Kier molecular flexibility index (Phi) is 5.80. The highest BCUT2D eigenvalue weighted by Gasteiger charge is 2.30. The van der Waals surface area contributed by atoms with Gasteiger partial charge in [0.2, 0.25) is 5.95 Å². The Morgan fingerprint density at radius 3 is 2.76 bits per heavy atom. The van der Waals surface area contributed by atoms with E-state index in [1.807, 2.05) is 11.6 Å². The number of hydrogen-bond donors (Lipinski definition) is 2. The van der Waals surface area contributed by atoms with E-state index in [-0.39, 0.29) is 24.4 Å². The summed E-state index contributed by atoms with van der Waals surface area (Å²) in [6.45, 7) is 7.06. The van der Waals surface area contributed by atoms with Crippen molar-refractivity contribution in [2.45, 2.75) is 58.0 Å². The quantitative estimate of drug-likeness (QED) is 0.760. The SMILES string of the molecule is COC1CNc2nc(ncc2Cl)Nc2c(nn(C3CC(C)OC(C)C3)c2C)OC1. The predicted molar refractivity (Wildman–Crippen MR) is 110 cm³/mol. The van der Waals surface area contributed by atoms with Gasteiger partial charge in [-0.25, -0.2) is 4.98 Å². The van der Waals surface area contributed by atoms with Crippen molar-refractivity contribution in [1.82, 2.24) is 19.7 Å². The third-order valence-electron chi connectivity index (χ3n) is 5.35. The van der Waals surface area contributed by atoms with Crippen molar-refractivity contribution >= 4 is 29.1 Å². The summed E-state index contributed by atoms with van der Waals surface area (Å²) in [7, 11) is 1.65. The summed E-state index contributed by atoms with van der Waals surface area (Å²) in [6, 6.07) is 0.237. The van der Waals surface area contributed by atoms with E-state index >= 15 is 0 Å². The van der Waals surface area contributed by atoms with Crippen LogP contribution in [0.2, 0.25) is 5.02 Å². The molecule has 3 unspecified atom stereocenters. The molecule has 9 nitrogen and oxygen atoms in total. The van der Waals surface area contributed by atoms with E-state index in [1.54, 1.807) is 13.3 Å². The van der Waals surface area contributed by atoms with E-state index in [4.69, 9.17) is 30.9 Å². The first-order valence-corrected chi connectivity index (χ1v) is 10.3. The second kappa shape index (κ2) is 8.33. The van der Waals surface area contributed by atoms with Crippen LogP contribution in [0.5, 0.6) is 5.88 Å². The summed E-state index contributed by atoms with van der Waals surface area (Å²) in [5.74, 6) is 1.49. The van der Waals surface area contributed by atoms with Gasteiger partial charge in [0, 0.05) is 13.7 Å². The van der Waals surface area contributed by atoms with Crippen molar-refractivity contribution in [2.75, 3.05) is 30.9 Å². The first-order valence-electron chi connectivity index (χ1n) is 9.88. The number of halogens is 1. The number of ether oxygens (including phenoxy) is 3. The zero-order valence-electron chi connectivity index (χ0n) is 17.1. The van der Waals surface area contributed by atoms with Crippen molar-refractivity contribution < 1.29 is 14.2 Å². The normalized spacial score (nSPS) is 27.1. The predicted octanol–water partition coefficient (Wildman–Crippen LogP) is 3.33. The number of methoxy groups -OCH3 is 1. The molecular weight excluding hydrogens is 396 g/mol. The number of rotatable bonds is 2. The summed E-state index contributed by atoms with van der Waals surface area (Å²) in [5, 5.41) is 11.7. The van der Waals surface area contributed by atoms with Gasteiger partial charge in [-0.1, -0.05) is 11.6 Å². The summed E-state index contributed by atoms with van der Waals surface area (Å²) < 4.78 is 19.5. The molecule has 2 aromatic rings. The maximum atomic E-state index is 6.23. The van der Waals surface area contributed by atoms with Gasteiger partial charge in [0.1, 0.15) is 23.4 Å². The lowest BCUT2D eigenvalue weighted by Gasteiger charge is -2.32. The molecule has 2 bridgehead atoms. The largest absolute Gasteiger partial charge is 0.472 e. The molecule has 3 atom stereocenters. The third-order valence-corrected chi connectivity index (χ3v) is 5.63. The first kappa shape index (κ1) is 20.2. The molecule has 158 valence electrons. The molecule has 0 aliphatic carbocycles. The molecule has 0 aromatic carbocycles. The van der Waals surface area contributed by atoms with Crippen LogP contribution >= 0.6 is 11.6 Å². The van der Waals surface area contributed by atoms with Crippen LogP contribution in [0.25, 0.3) is 0 Å². The van der Waals surface area contributed by atoms with Crippen LogP contribution in [-0.2, 0) is 9.47 Å². The number of aromatic nitrogens is 4. The van der Waals surface area contributed by atoms with Crippen molar-refractivity contribution in [2.24, 2.45) is 0 Å². The van der Waals surface area contributed by atoms with Crippen LogP contribution in [-0.4, -0.2) is 58.3 Å². The first-order chi connectivity index (χ1) is 13.9. The summed E-state index contributed by atoms with van der Waals surface area (Å²) >= 11 is 6.23. The Balaban J connectivity index is 1.72. The number of fused-ring (bicyclic) bond motifs is 3. The number of nitrogens with one attached hydrogen (secondary N) is 2. The minimum atomic E-state index is -0.191. The lowest BCUT2D eigenvalue weighted by Crippen LogP contribution is -2.32. The van der Waals surface area contributed by atoms with Crippen molar-refractivity contribution in [3.05, 3.63) is 16.9 Å². The highest BCUT2D eigenvalue weighted by Crippen LogP contribution is 2.37. The van der Waals surface area contributed by atoms with E-state index in [1.165, 1.54) is 0 Å². The van der Waals surface area contributed by atoms with Gasteiger partial charge in [0.25, 0.3) is 5.88 Å². The highest BCUT2D eigenvalue weighted by molar-refractivity contribution is 6.32. The topological polar surface area (TPSA) is 95.4 Å². The lowest BCUT2D eigenvalue weighted by molar-refractivity contribution is -0.0511. The van der Waals surface area contributed by atoms with Gasteiger partial charge in [-0.05, 0) is 33.6 Å². The second-order valence-electron chi connectivity index (χ2n) is 7.66. The Bertz CT molecular complexity index is 866. The van der Waals surface area contributed by atoms with Gasteiger partial charge < -0.3 is 24.8 Å². The van der Waals surface area contributed by atoms with Gasteiger partial charge in [-0.2, -0.15) is 4.98 Å². The maximum absolute atomic E-state index is 6.23. The average molecular weight is 423 g/mol. The molecule has 1 fully saturated rings. The Labute approximate surface area is 175 Å². The van der Waals surface area contributed by atoms with Crippen LogP contribution in [0.1, 0.15) is 38.4 Å². The summed E-state index contributed by atoms with van der Waals surface area (Å²) in [6.07, 6.45) is 3.55. The molecule has 2 aliphatic heterocycles. The van der Waals surface area contributed by atoms with Crippen LogP contribution in [0, 0.1) is 6.92 Å². The molecule has 2 aliphatic rings. The fraction of sp³-hybridized carbons (Fsp3) is 0.632. The molecule has 1 saturated heterocycles. The molecule has 4 heterocycles. The summed E-state index contributed by atoms with van der Waals surface area (Å²) in [5.41, 5.74) is 1.72. The smallest absolute Gasteiger partial charge is 0.257 e. The highest BCUT2D eigenvalue weighted by atomic mass is 35.5. The molecule has 2 aromatic heterocycles. The zero-order chi connectivity index (χ0) is 20.5. The van der Waals surface area contributed by atoms with E-state index < -0.39 is 0 Å². The Morgan fingerprint density at radius 1 is 1.28 bits per heavy atom. The molecule has 0 radical (unpaired) electrons. The molecular formula is C19H27ClN6O3. The fourth-order valence-corrected chi connectivity index (χ4v) is 4.08. The van der Waals surface area contributed by atoms with Gasteiger partial charge in [0.05, 0.1) is 30.1 Å². The van der Waals surface area contributed by atoms with E-state index in [0.29, 0.717) is 35.8 Å². The van der Waals surface area contributed by atoms with Crippen molar-refractivity contribution in [3.63, 3.8) is 0 Å². The zero-order valence-corrected chi connectivity index (χ0v) is 17.9. The van der Waals surface area contributed by atoms with Crippen molar-refractivity contribution in [1.29, 1.82) is 0 Å². The molecule has 0 amide bonds. The van der Waals surface area contributed by atoms with Gasteiger partial charge in [-0.15, -0.1) is 5.10 Å². The molecule has 2 N–H and O–H groups in total. The minimum Gasteiger partial charge on any atom is -0.472 e. The summed E-state index contributed by atoms with van der Waals surface area (Å²) in [4.78, 5) is 8.80. The molecule has 4 rings (SSSR count). The number of nitrogens with zero attached hydrogens (tertiary/aromatic N) is 4. The number of anilines is 3. The van der Waals surface area contributed by atoms with Crippen molar-refractivity contribution in [3.8, 4) is 5.88 Å². The molecule has 0 saturated carbocycles. The molecule has 29 heavy (non-hydrogen) atoms. The Hall–Kier alpha value is -2.10. The monoisotopic (exact) mass is 422 g/mol. The fourth-order valence-electron chi connectivity index (χ4n) is 3.92. The van der Waals surface area contributed by atoms with Gasteiger partial charge >= 0.3 is 0 Å². The average Bonchev–Trinajstić information content (AvgIpc) is 2.97. The molecule has 0 spiro atoms. The maximum Gasteiger partial charge on any atom is 0.257 e. The van der Waals surface area contributed by atoms with E-state index in [2.05, 4.69) is 34.4 Å². The van der Waals surface area contributed by atoms with Gasteiger partial charge in [-0.3, -0.25) is 4.68 Å². The van der Waals surface area contributed by atoms with E-state index in [9.17, 15) is 0 Å². The van der Waals surface area contributed by atoms with Crippen LogP contribution < -0.4 is 15.4 Å². The lowest BCUT2D eigenvalue weighted by atomic mass is 10.00. The minimum absolute atomic E-state index is 0.185. The van der Waals surface area contributed by atoms with Crippen LogP contribution in [0.4, 0.5) is 17.5 Å². The molecule has 10 heteroatoms. The van der Waals surface area contributed by atoms with Crippen LogP contribution in [0.15, 0.2) is 6.20 Å². The second-order valence-corrected chi connectivity index (χ2v) is 8.06. The van der Waals surface area contributed by atoms with Gasteiger partial charge in [0.15, 0.2) is 5.82 Å². The van der Waals surface area contributed by atoms with E-state index in [0.717, 1.165) is 24.2 Å². The number of hydrogen-bond acceptors (Lipinski definition) is 8. The van der Waals surface area contributed by atoms with Crippen LogP contribution in [0.3, 0.4) is 0 Å².